The summed E-state index contributed by atoms with van der Waals surface area (Å²) >= 11 is 3.74. The van der Waals surface area contributed by atoms with Crippen LogP contribution in [0.3, 0.4) is 0 Å². The molecular formula is C18H17Br. The molecule has 0 nitrogen and oxygen atoms in total. The molecular weight excluding hydrogens is 296 g/mol. The van der Waals surface area contributed by atoms with Gasteiger partial charge in [0.1, 0.15) is 0 Å². The third-order valence-corrected chi connectivity index (χ3v) is 4.50. The van der Waals surface area contributed by atoms with Gasteiger partial charge in [0.25, 0.3) is 0 Å². The standard InChI is InChI=1S/C18H17Br/c1-11-9-12(2)17(13(3)10-11)18-15-6-4-5-14(15)7-8-16(18)19/h4,6-10H,5H2,1-3H3. The SMILES string of the molecule is Cc1cc(C)c(-c2c(Br)ccc3c2C=CC3)c(C)c1. The van der Waals surface area contributed by atoms with E-state index in [-0.39, 0.29) is 0 Å². The molecule has 0 unspecified atom stereocenters. The van der Waals surface area contributed by atoms with Gasteiger partial charge in [0, 0.05) is 10.0 Å². The first-order chi connectivity index (χ1) is 9.08. The van der Waals surface area contributed by atoms with Gasteiger partial charge in [-0.15, -0.1) is 0 Å². The average Bonchev–Trinajstić information content (AvgIpc) is 2.79. The quantitative estimate of drug-likeness (QED) is 0.642. The van der Waals surface area contributed by atoms with Crippen LogP contribution in [0.5, 0.6) is 0 Å². The van der Waals surface area contributed by atoms with E-state index >= 15 is 0 Å². The van der Waals surface area contributed by atoms with Gasteiger partial charge in [-0.2, -0.15) is 0 Å². The van der Waals surface area contributed by atoms with Crippen molar-refractivity contribution in [3.63, 3.8) is 0 Å². The molecule has 0 saturated heterocycles. The molecule has 0 N–H and O–H groups in total. The molecule has 0 aromatic heterocycles. The number of allylic oxidation sites excluding steroid dienone is 1. The molecule has 2 aromatic carbocycles. The Hall–Kier alpha value is -1.34. The molecule has 96 valence electrons. The zero-order chi connectivity index (χ0) is 13.6. The van der Waals surface area contributed by atoms with E-state index in [0.717, 1.165) is 6.42 Å². The summed E-state index contributed by atoms with van der Waals surface area (Å²) in [7, 11) is 0. The van der Waals surface area contributed by atoms with Crippen molar-refractivity contribution in [2.45, 2.75) is 27.2 Å². The van der Waals surface area contributed by atoms with Crippen molar-refractivity contribution in [3.8, 4) is 11.1 Å². The number of aryl methyl sites for hydroxylation is 3. The van der Waals surface area contributed by atoms with E-state index in [4.69, 9.17) is 0 Å². The van der Waals surface area contributed by atoms with E-state index in [1.54, 1.807) is 0 Å². The Balaban J connectivity index is 2.35. The molecule has 0 bridgehead atoms. The van der Waals surface area contributed by atoms with Gasteiger partial charge in [-0.25, -0.2) is 0 Å². The summed E-state index contributed by atoms with van der Waals surface area (Å²) < 4.78 is 1.19. The maximum absolute atomic E-state index is 3.74. The van der Waals surface area contributed by atoms with E-state index in [2.05, 4.69) is 73.1 Å². The first kappa shape index (κ1) is 12.7. The zero-order valence-corrected chi connectivity index (χ0v) is 13.1. The van der Waals surface area contributed by atoms with E-state index in [1.165, 1.54) is 43.4 Å². The summed E-state index contributed by atoms with van der Waals surface area (Å²) in [5.41, 5.74) is 9.57. The topological polar surface area (TPSA) is 0 Å². The summed E-state index contributed by atoms with van der Waals surface area (Å²) in [5.74, 6) is 0. The van der Waals surface area contributed by atoms with Crippen LogP contribution in [0, 0.1) is 20.8 Å². The predicted octanol–water partition coefficient (Wildman–Crippen LogP) is 5.61. The molecule has 3 rings (SSSR count). The number of fused-ring (bicyclic) bond motifs is 1. The largest absolute Gasteiger partial charge is 0.0795 e. The normalized spacial score (nSPS) is 12.8. The van der Waals surface area contributed by atoms with Gasteiger partial charge in [0.15, 0.2) is 0 Å². The van der Waals surface area contributed by atoms with Crippen LogP contribution in [0.2, 0.25) is 0 Å². The Labute approximate surface area is 123 Å². The van der Waals surface area contributed by atoms with Crippen LogP contribution in [0.15, 0.2) is 34.8 Å². The van der Waals surface area contributed by atoms with Gasteiger partial charge in [-0.3, -0.25) is 0 Å². The molecule has 1 aliphatic carbocycles. The van der Waals surface area contributed by atoms with Crippen molar-refractivity contribution in [1.29, 1.82) is 0 Å². The summed E-state index contributed by atoms with van der Waals surface area (Å²) in [6.07, 6.45) is 5.56. The molecule has 0 fully saturated rings. The first-order valence-electron chi connectivity index (χ1n) is 6.64. The van der Waals surface area contributed by atoms with Gasteiger partial charge in [-0.05, 0) is 61.1 Å². The molecule has 1 heteroatoms. The lowest BCUT2D eigenvalue weighted by Crippen LogP contribution is -1.95. The molecule has 0 saturated carbocycles. The number of hydrogen-bond acceptors (Lipinski definition) is 0. The van der Waals surface area contributed by atoms with E-state index in [0.29, 0.717) is 0 Å². The van der Waals surface area contributed by atoms with Crippen LogP contribution in [-0.2, 0) is 6.42 Å². The average molecular weight is 313 g/mol. The van der Waals surface area contributed by atoms with Gasteiger partial charge in [-0.1, -0.05) is 51.8 Å². The van der Waals surface area contributed by atoms with Crippen LogP contribution < -0.4 is 0 Å². The number of benzene rings is 2. The first-order valence-corrected chi connectivity index (χ1v) is 7.43. The third kappa shape index (κ3) is 2.06. The summed E-state index contributed by atoms with van der Waals surface area (Å²) in [5, 5.41) is 0. The molecule has 0 atom stereocenters. The Morgan fingerprint density at radius 1 is 0.947 bits per heavy atom. The second-order valence-electron chi connectivity index (χ2n) is 5.38. The number of halogens is 1. The molecule has 1 aliphatic rings. The maximum Gasteiger partial charge on any atom is 0.0260 e. The third-order valence-electron chi connectivity index (χ3n) is 3.83. The van der Waals surface area contributed by atoms with Crippen LogP contribution in [0.1, 0.15) is 27.8 Å². The van der Waals surface area contributed by atoms with E-state index in [9.17, 15) is 0 Å². The molecule has 19 heavy (non-hydrogen) atoms. The Bertz CT molecular complexity index is 670. The minimum Gasteiger partial charge on any atom is -0.0795 e. The lowest BCUT2D eigenvalue weighted by molar-refractivity contribution is 1.28. The highest BCUT2D eigenvalue weighted by atomic mass is 79.9. The van der Waals surface area contributed by atoms with Crippen LogP contribution in [0.25, 0.3) is 17.2 Å². The van der Waals surface area contributed by atoms with Crippen molar-refractivity contribution in [2.75, 3.05) is 0 Å². The van der Waals surface area contributed by atoms with Gasteiger partial charge in [0.05, 0.1) is 0 Å². The lowest BCUT2D eigenvalue weighted by Gasteiger charge is -2.16. The van der Waals surface area contributed by atoms with Crippen molar-refractivity contribution < 1.29 is 0 Å². The molecule has 0 amide bonds. The van der Waals surface area contributed by atoms with E-state index in [1.807, 2.05) is 0 Å². The monoisotopic (exact) mass is 312 g/mol. The lowest BCUT2D eigenvalue weighted by atomic mass is 9.90. The second-order valence-corrected chi connectivity index (χ2v) is 6.23. The van der Waals surface area contributed by atoms with E-state index < -0.39 is 0 Å². The Morgan fingerprint density at radius 2 is 1.63 bits per heavy atom. The summed E-state index contributed by atoms with van der Waals surface area (Å²) in [6.45, 7) is 6.58. The van der Waals surface area contributed by atoms with Gasteiger partial charge < -0.3 is 0 Å². The fraction of sp³-hybridized carbons (Fsp3) is 0.222. The van der Waals surface area contributed by atoms with Crippen LogP contribution in [-0.4, -0.2) is 0 Å². The molecule has 0 spiro atoms. The highest BCUT2D eigenvalue weighted by molar-refractivity contribution is 9.10. The predicted molar refractivity (Wildman–Crippen MR) is 86.5 cm³/mol. The van der Waals surface area contributed by atoms with Gasteiger partial charge >= 0.3 is 0 Å². The van der Waals surface area contributed by atoms with Crippen LogP contribution in [0.4, 0.5) is 0 Å². The highest BCUT2D eigenvalue weighted by Gasteiger charge is 2.17. The minimum atomic E-state index is 1.06. The molecule has 0 aliphatic heterocycles. The maximum atomic E-state index is 3.74. The van der Waals surface area contributed by atoms with Crippen molar-refractivity contribution in [2.24, 2.45) is 0 Å². The summed E-state index contributed by atoms with van der Waals surface area (Å²) in [6, 6.07) is 8.95. The van der Waals surface area contributed by atoms with Crippen LogP contribution >= 0.6 is 15.9 Å². The fourth-order valence-corrected chi connectivity index (χ4v) is 3.68. The molecule has 0 radical (unpaired) electrons. The highest BCUT2D eigenvalue weighted by Crippen LogP contribution is 2.40. The molecule has 2 aromatic rings. The number of hydrogen-bond donors (Lipinski definition) is 0. The molecule has 0 heterocycles. The minimum absolute atomic E-state index is 1.06. The van der Waals surface area contributed by atoms with Crippen molar-refractivity contribution in [1.82, 2.24) is 0 Å². The number of rotatable bonds is 1. The van der Waals surface area contributed by atoms with Crippen molar-refractivity contribution in [3.05, 3.63) is 62.6 Å². The Kier molecular flexibility index (Phi) is 3.10. The fourth-order valence-electron chi connectivity index (χ4n) is 3.14. The zero-order valence-electron chi connectivity index (χ0n) is 11.5. The Morgan fingerprint density at radius 3 is 2.32 bits per heavy atom. The smallest absolute Gasteiger partial charge is 0.0260 e. The van der Waals surface area contributed by atoms with Crippen molar-refractivity contribution >= 4 is 22.0 Å². The van der Waals surface area contributed by atoms with Gasteiger partial charge in [0.2, 0.25) is 0 Å². The second kappa shape index (κ2) is 4.64. The summed E-state index contributed by atoms with van der Waals surface area (Å²) in [4.78, 5) is 0.